The Morgan fingerprint density at radius 2 is 2.08 bits per heavy atom. The van der Waals surface area contributed by atoms with Crippen molar-refractivity contribution in [1.82, 2.24) is 4.90 Å². The molecule has 2 amide bonds. The van der Waals surface area contributed by atoms with Crippen LogP contribution in [-0.2, 0) is 9.59 Å². The molecule has 1 aromatic carbocycles. The lowest BCUT2D eigenvalue weighted by Crippen LogP contribution is -2.37. The maximum Gasteiger partial charge on any atom is 0.244 e. The van der Waals surface area contributed by atoms with E-state index in [1.807, 2.05) is 25.1 Å². The summed E-state index contributed by atoms with van der Waals surface area (Å²) < 4.78 is 5.28. The van der Waals surface area contributed by atoms with Gasteiger partial charge in [0.05, 0.1) is 19.3 Å². The molecular weight excluding hydrogens is 316 g/mol. The number of hydrogen-bond donors (Lipinski definition) is 1. The minimum Gasteiger partial charge on any atom is -0.495 e. The van der Waals surface area contributed by atoms with Crippen LogP contribution in [-0.4, -0.2) is 36.9 Å². The maximum absolute atomic E-state index is 12.4. The van der Waals surface area contributed by atoms with Crippen LogP contribution in [0.2, 0.25) is 0 Å². The van der Waals surface area contributed by atoms with Crippen LogP contribution < -0.4 is 10.1 Å². The second-order valence-corrected chi connectivity index (χ2v) is 6.55. The molecule has 0 heterocycles. The zero-order valence-electron chi connectivity index (χ0n) is 15.4. The Hall–Kier alpha value is -2.30. The van der Waals surface area contributed by atoms with Gasteiger partial charge in [0.15, 0.2) is 0 Å². The summed E-state index contributed by atoms with van der Waals surface area (Å²) in [6.07, 6.45) is 7.84. The molecule has 0 fully saturated rings. The third kappa shape index (κ3) is 5.93. The van der Waals surface area contributed by atoms with Gasteiger partial charge >= 0.3 is 0 Å². The summed E-state index contributed by atoms with van der Waals surface area (Å²) in [5, 5.41) is 2.85. The number of amides is 2. The van der Waals surface area contributed by atoms with Crippen molar-refractivity contribution in [1.29, 1.82) is 0 Å². The van der Waals surface area contributed by atoms with E-state index in [4.69, 9.17) is 4.74 Å². The minimum atomic E-state index is -0.211. The molecule has 25 heavy (non-hydrogen) atoms. The largest absolute Gasteiger partial charge is 0.495 e. The first-order valence-electron chi connectivity index (χ1n) is 8.87. The molecule has 5 nitrogen and oxygen atoms in total. The summed E-state index contributed by atoms with van der Waals surface area (Å²) in [7, 11) is 1.57. The van der Waals surface area contributed by atoms with Gasteiger partial charge in [0.2, 0.25) is 11.8 Å². The quantitative estimate of drug-likeness (QED) is 0.768. The lowest BCUT2D eigenvalue weighted by Gasteiger charge is -2.22. The van der Waals surface area contributed by atoms with Gasteiger partial charge in [-0.25, -0.2) is 0 Å². The van der Waals surface area contributed by atoms with Crippen molar-refractivity contribution in [2.75, 3.05) is 25.5 Å². The Labute approximate surface area is 150 Å². The van der Waals surface area contributed by atoms with E-state index in [0.717, 1.165) is 24.8 Å². The zero-order chi connectivity index (χ0) is 18.2. The number of nitrogens with zero attached hydrogens (tertiary/aromatic N) is 1. The number of hydrogen-bond acceptors (Lipinski definition) is 3. The Balaban J connectivity index is 1.94. The van der Waals surface area contributed by atoms with Gasteiger partial charge in [-0.2, -0.15) is 0 Å². The molecular formula is C20H28N2O3. The number of rotatable bonds is 7. The highest BCUT2D eigenvalue weighted by molar-refractivity contribution is 5.95. The van der Waals surface area contributed by atoms with Crippen molar-refractivity contribution >= 4 is 17.5 Å². The highest BCUT2D eigenvalue weighted by Gasteiger charge is 2.16. The van der Waals surface area contributed by atoms with Crippen LogP contribution in [0, 0.1) is 6.92 Å². The summed E-state index contributed by atoms with van der Waals surface area (Å²) in [6.45, 7) is 4.10. The van der Waals surface area contributed by atoms with E-state index in [0.29, 0.717) is 18.0 Å². The van der Waals surface area contributed by atoms with E-state index >= 15 is 0 Å². The second kappa shape index (κ2) is 9.25. The van der Waals surface area contributed by atoms with E-state index in [-0.39, 0.29) is 18.4 Å². The van der Waals surface area contributed by atoms with Crippen LogP contribution in [0.15, 0.2) is 29.8 Å². The standard InChI is InChI=1S/C20H28N2O3/c1-15-9-10-19(25-3)18(13-15)21-20(24)14-22(16(2)23)12-11-17-7-5-4-6-8-17/h7,9-10,13H,4-6,8,11-12,14H2,1-3H3,(H,21,24). The van der Waals surface area contributed by atoms with Crippen molar-refractivity contribution in [2.45, 2.75) is 46.0 Å². The van der Waals surface area contributed by atoms with Crippen LogP contribution in [0.3, 0.4) is 0 Å². The SMILES string of the molecule is COc1ccc(C)cc1NC(=O)CN(CCC1=CCCCC1)C(C)=O. The summed E-state index contributed by atoms with van der Waals surface area (Å²) >= 11 is 0. The molecule has 0 saturated heterocycles. The van der Waals surface area contributed by atoms with Crippen molar-refractivity contribution in [3.05, 3.63) is 35.4 Å². The molecule has 0 aromatic heterocycles. The average Bonchev–Trinajstić information content (AvgIpc) is 2.59. The summed E-state index contributed by atoms with van der Waals surface area (Å²) in [6, 6.07) is 5.61. The third-order valence-electron chi connectivity index (χ3n) is 4.50. The summed E-state index contributed by atoms with van der Waals surface area (Å²) in [5.41, 5.74) is 3.06. The number of benzene rings is 1. The summed E-state index contributed by atoms with van der Waals surface area (Å²) in [5.74, 6) is 0.320. The number of aryl methyl sites for hydroxylation is 1. The van der Waals surface area contributed by atoms with E-state index in [1.165, 1.54) is 25.3 Å². The van der Waals surface area contributed by atoms with Crippen LogP contribution in [0.5, 0.6) is 5.75 Å². The molecule has 1 aromatic rings. The molecule has 0 spiro atoms. The Morgan fingerprint density at radius 3 is 2.72 bits per heavy atom. The molecule has 0 atom stereocenters. The molecule has 0 bridgehead atoms. The van der Waals surface area contributed by atoms with Crippen molar-refractivity contribution in [2.24, 2.45) is 0 Å². The molecule has 5 heteroatoms. The highest BCUT2D eigenvalue weighted by Crippen LogP contribution is 2.25. The normalized spacial score (nSPS) is 13.8. The van der Waals surface area contributed by atoms with Crippen LogP contribution in [0.1, 0.15) is 44.6 Å². The zero-order valence-corrected chi connectivity index (χ0v) is 15.4. The van der Waals surface area contributed by atoms with Crippen LogP contribution >= 0.6 is 0 Å². The molecule has 1 aliphatic rings. The predicted molar refractivity (Wildman–Crippen MR) is 99.8 cm³/mol. The lowest BCUT2D eigenvalue weighted by molar-refractivity contribution is -0.132. The van der Waals surface area contributed by atoms with Crippen molar-refractivity contribution < 1.29 is 14.3 Å². The van der Waals surface area contributed by atoms with E-state index in [9.17, 15) is 9.59 Å². The van der Waals surface area contributed by atoms with Gasteiger partial charge in [-0.3, -0.25) is 9.59 Å². The molecule has 1 N–H and O–H groups in total. The molecule has 0 unspecified atom stereocenters. The Bertz CT molecular complexity index is 652. The van der Waals surface area contributed by atoms with Gasteiger partial charge in [-0.15, -0.1) is 0 Å². The van der Waals surface area contributed by atoms with Gasteiger partial charge in [-0.1, -0.05) is 17.7 Å². The van der Waals surface area contributed by atoms with E-state index in [2.05, 4.69) is 11.4 Å². The van der Waals surface area contributed by atoms with Crippen LogP contribution in [0.4, 0.5) is 5.69 Å². The monoisotopic (exact) mass is 344 g/mol. The predicted octanol–water partition coefficient (Wildman–Crippen LogP) is 3.68. The van der Waals surface area contributed by atoms with Gasteiger partial charge in [-0.05, 0) is 56.7 Å². The lowest BCUT2D eigenvalue weighted by atomic mass is 9.97. The fraction of sp³-hybridized carbons (Fsp3) is 0.500. The first-order chi connectivity index (χ1) is 12.0. The number of carbonyl (C=O) groups excluding carboxylic acids is 2. The first kappa shape index (κ1) is 19.0. The minimum absolute atomic E-state index is 0.0553. The fourth-order valence-electron chi connectivity index (χ4n) is 3.04. The van der Waals surface area contributed by atoms with Crippen molar-refractivity contribution in [3.8, 4) is 5.75 Å². The number of ether oxygens (including phenoxy) is 1. The first-order valence-corrected chi connectivity index (χ1v) is 8.87. The fourth-order valence-corrected chi connectivity index (χ4v) is 3.04. The van der Waals surface area contributed by atoms with Gasteiger partial charge < -0.3 is 15.0 Å². The Kier molecular flexibility index (Phi) is 7.04. The van der Waals surface area contributed by atoms with Gasteiger partial charge in [0, 0.05) is 13.5 Å². The van der Waals surface area contributed by atoms with E-state index in [1.54, 1.807) is 12.0 Å². The number of carbonyl (C=O) groups is 2. The number of anilines is 1. The summed E-state index contributed by atoms with van der Waals surface area (Å²) in [4.78, 5) is 25.9. The number of methoxy groups -OCH3 is 1. The average molecular weight is 344 g/mol. The molecule has 0 aliphatic heterocycles. The molecule has 2 rings (SSSR count). The third-order valence-corrected chi connectivity index (χ3v) is 4.50. The Morgan fingerprint density at radius 1 is 1.28 bits per heavy atom. The number of nitrogens with one attached hydrogen (secondary N) is 1. The van der Waals surface area contributed by atoms with E-state index < -0.39 is 0 Å². The number of allylic oxidation sites excluding steroid dienone is 1. The maximum atomic E-state index is 12.4. The topological polar surface area (TPSA) is 58.6 Å². The van der Waals surface area contributed by atoms with Gasteiger partial charge in [0.25, 0.3) is 0 Å². The van der Waals surface area contributed by atoms with Crippen molar-refractivity contribution in [3.63, 3.8) is 0 Å². The molecule has 136 valence electrons. The van der Waals surface area contributed by atoms with Gasteiger partial charge in [0.1, 0.15) is 5.75 Å². The molecule has 1 aliphatic carbocycles. The molecule has 0 radical (unpaired) electrons. The smallest absolute Gasteiger partial charge is 0.244 e. The molecule has 0 saturated carbocycles. The second-order valence-electron chi connectivity index (χ2n) is 6.55. The van der Waals surface area contributed by atoms with Crippen LogP contribution in [0.25, 0.3) is 0 Å². The highest BCUT2D eigenvalue weighted by atomic mass is 16.5.